The molecule has 0 atom stereocenters. The molecule has 0 spiro atoms. The Kier molecular flexibility index (Phi) is 6.16. The van der Waals surface area contributed by atoms with Crippen molar-refractivity contribution in [3.8, 4) is 17.0 Å². The molecule has 0 aliphatic carbocycles. The molecule has 7 rings (SSSR count). The molecule has 0 saturated carbocycles. The SMILES string of the molecule is COc1ccc(NC(=O)c2nn3c(-c4cn[nH]c4)cc(N4Cc5ccccc5C4)nc3c2C2CCOCC2)cc1. The third-order valence-corrected chi connectivity index (χ3v) is 7.76. The highest BCUT2D eigenvalue weighted by atomic mass is 16.5. The number of hydrogen-bond donors (Lipinski definition) is 2. The third-order valence-electron chi connectivity index (χ3n) is 7.76. The number of nitrogens with one attached hydrogen (secondary N) is 2. The molecule has 1 amide bonds. The molecule has 10 heteroatoms. The van der Waals surface area contributed by atoms with Gasteiger partial charge < -0.3 is 19.7 Å². The lowest BCUT2D eigenvalue weighted by Crippen LogP contribution is -2.20. The van der Waals surface area contributed by atoms with Crippen molar-refractivity contribution in [2.45, 2.75) is 31.8 Å². The molecule has 202 valence electrons. The fourth-order valence-electron chi connectivity index (χ4n) is 5.67. The predicted octanol–water partition coefficient (Wildman–Crippen LogP) is 4.79. The van der Waals surface area contributed by atoms with Crippen LogP contribution in [0.4, 0.5) is 11.5 Å². The summed E-state index contributed by atoms with van der Waals surface area (Å²) in [5.41, 5.74) is 6.88. The van der Waals surface area contributed by atoms with E-state index in [1.807, 2.05) is 36.5 Å². The lowest BCUT2D eigenvalue weighted by molar-refractivity contribution is 0.0848. The summed E-state index contributed by atoms with van der Waals surface area (Å²) in [4.78, 5) is 21.2. The van der Waals surface area contributed by atoms with Crippen molar-refractivity contribution in [3.63, 3.8) is 0 Å². The first kappa shape index (κ1) is 24.3. The maximum absolute atomic E-state index is 13.8. The van der Waals surface area contributed by atoms with Crippen LogP contribution in [0.1, 0.15) is 45.9 Å². The Morgan fingerprint density at radius 1 is 1.07 bits per heavy atom. The Balaban J connectivity index is 1.37. The molecule has 10 nitrogen and oxygen atoms in total. The second-order valence-corrected chi connectivity index (χ2v) is 10.2. The summed E-state index contributed by atoms with van der Waals surface area (Å²) < 4.78 is 12.7. The minimum absolute atomic E-state index is 0.0959. The quantitative estimate of drug-likeness (QED) is 0.322. The zero-order valence-corrected chi connectivity index (χ0v) is 22.1. The molecule has 5 aromatic rings. The predicted molar refractivity (Wildman–Crippen MR) is 151 cm³/mol. The highest BCUT2D eigenvalue weighted by molar-refractivity contribution is 6.05. The number of aromatic amines is 1. The minimum Gasteiger partial charge on any atom is -0.497 e. The maximum Gasteiger partial charge on any atom is 0.276 e. The van der Waals surface area contributed by atoms with Gasteiger partial charge in [0.1, 0.15) is 11.6 Å². The number of benzene rings is 2. The van der Waals surface area contributed by atoms with Crippen molar-refractivity contribution in [2.75, 3.05) is 30.5 Å². The second-order valence-electron chi connectivity index (χ2n) is 10.2. The van der Waals surface area contributed by atoms with E-state index in [-0.39, 0.29) is 11.8 Å². The minimum atomic E-state index is -0.273. The Bertz CT molecular complexity index is 1650. The zero-order chi connectivity index (χ0) is 27.1. The van der Waals surface area contributed by atoms with Gasteiger partial charge in [-0.05, 0) is 54.2 Å². The number of nitrogens with zero attached hydrogens (tertiary/aromatic N) is 5. The van der Waals surface area contributed by atoms with Gasteiger partial charge in [0.05, 0.1) is 19.0 Å². The number of aromatic nitrogens is 5. The van der Waals surface area contributed by atoms with E-state index in [2.05, 4.69) is 44.7 Å². The summed E-state index contributed by atoms with van der Waals surface area (Å²) in [6.07, 6.45) is 5.20. The standard InChI is InChI=1S/C30H29N7O3/c1-39-24-8-6-23(7-9-24)33-30(38)28-27(19-10-12-40-13-11-19)29-34-26(36-17-20-4-2-3-5-21(20)18-36)14-25(37(29)35-28)22-15-31-32-16-22/h2-9,14-16,19H,10-13,17-18H2,1H3,(H,31,32)(H,33,38). The van der Waals surface area contributed by atoms with E-state index >= 15 is 0 Å². The van der Waals surface area contributed by atoms with Gasteiger partial charge in [0.2, 0.25) is 0 Å². The van der Waals surface area contributed by atoms with Gasteiger partial charge in [0.25, 0.3) is 5.91 Å². The Hall–Kier alpha value is -4.70. The number of anilines is 2. The molecule has 40 heavy (non-hydrogen) atoms. The smallest absolute Gasteiger partial charge is 0.276 e. The van der Waals surface area contributed by atoms with E-state index in [4.69, 9.17) is 19.6 Å². The summed E-state index contributed by atoms with van der Waals surface area (Å²) in [6.45, 7) is 2.82. The molecule has 0 radical (unpaired) electrons. The van der Waals surface area contributed by atoms with Crippen LogP contribution in [0, 0.1) is 0 Å². The zero-order valence-electron chi connectivity index (χ0n) is 22.1. The monoisotopic (exact) mass is 535 g/mol. The average Bonchev–Trinajstić information content (AvgIpc) is 3.76. The number of carbonyl (C=O) groups is 1. The van der Waals surface area contributed by atoms with Gasteiger partial charge in [-0.3, -0.25) is 9.89 Å². The van der Waals surface area contributed by atoms with Crippen LogP contribution in [0.15, 0.2) is 67.0 Å². The van der Waals surface area contributed by atoms with E-state index in [1.165, 1.54) is 11.1 Å². The molecule has 0 bridgehead atoms. The Morgan fingerprint density at radius 3 is 2.50 bits per heavy atom. The lowest BCUT2D eigenvalue weighted by atomic mass is 9.91. The van der Waals surface area contributed by atoms with Gasteiger partial charge in [-0.15, -0.1) is 0 Å². The molecule has 2 aromatic carbocycles. The van der Waals surface area contributed by atoms with Crippen molar-refractivity contribution in [2.24, 2.45) is 0 Å². The van der Waals surface area contributed by atoms with E-state index in [0.29, 0.717) is 30.2 Å². The molecule has 1 fully saturated rings. The van der Waals surface area contributed by atoms with E-state index in [0.717, 1.165) is 54.3 Å². The summed E-state index contributed by atoms with van der Waals surface area (Å²) in [5.74, 6) is 1.39. The number of methoxy groups -OCH3 is 1. The van der Waals surface area contributed by atoms with Crippen molar-refractivity contribution < 1.29 is 14.3 Å². The van der Waals surface area contributed by atoms with Gasteiger partial charge in [-0.25, -0.2) is 9.50 Å². The summed E-state index contributed by atoms with van der Waals surface area (Å²) in [5, 5.41) is 15.0. The third kappa shape index (κ3) is 4.36. The van der Waals surface area contributed by atoms with Gasteiger partial charge in [-0.2, -0.15) is 10.2 Å². The van der Waals surface area contributed by atoms with E-state index in [9.17, 15) is 4.79 Å². The van der Waals surface area contributed by atoms with Crippen LogP contribution < -0.4 is 15.0 Å². The number of carbonyl (C=O) groups excluding carboxylic acids is 1. The van der Waals surface area contributed by atoms with Crippen LogP contribution >= 0.6 is 0 Å². The van der Waals surface area contributed by atoms with Crippen LogP contribution in [0.3, 0.4) is 0 Å². The lowest BCUT2D eigenvalue weighted by Gasteiger charge is -2.23. The molecule has 1 saturated heterocycles. The Labute approximate surface area is 230 Å². The van der Waals surface area contributed by atoms with Gasteiger partial charge in [0.15, 0.2) is 11.3 Å². The number of amides is 1. The van der Waals surface area contributed by atoms with Crippen molar-refractivity contribution in [1.82, 2.24) is 24.8 Å². The first-order chi connectivity index (χ1) is 19.7. The van der Waals surface area contributed by atoms with Crippen LogP contribution in [0.5, 0.6) is 5.75 Å². The molecular weight excluding hydrogens is 506 g/mol. The highest BCUT2D eigenvalue weighted by Gasteiger charge is 2.31. The van der Waals surface area contributed by atoms with Crippen LogP contribution in [0.25, 0.3) is 16.9 Å². The van der Waals surface area contributed by atoms with Gasteiger partial charge in [-0.1, -0.05) is 24.3 Å². The molecule has 2 aliphatic heterocycles. The van der Waals surface area contributed by atoms with Crippen molar-refractivity contribution in [3.05, 3.63) is 89.4 Å². The number of hydrogen-bond acceptors (Lipinski definition) is 7. The second kappa shape index (κ2) is 10.1. The van der Waals surface area contributed by atoms with E-state index in [1.54, 1.807) is 17.8 Å². The largest absolute Gasteiger partial charge is 0.497 e. The fraction of sp³-hybridized carbons (Fsp3) is 0.267. The summed E-state index contributed by atoms with van der Waals surface area (Å²) >= 11 is 0. The van der Waals surface area contributed by atoms with Gasteiger partial charge >= 0.3 is 0 Å². The summed E-state index contributed by atoms with van der Waals surface area (Å²) in [7, 11) is 1.62. The number of fused-ring (bicyclic) bond motifs is 2. The topological polar surface area (TPSA) is 110 Å². The summed E-state index contributed by atoms with van der Waals surface area (Å²) in [6, 6.07) is 17.8. The molecule has 0 unspecified atom stereocenters. The van der Waals surface area contributed by atoms with Gasteiger partial charge in [0, 0.05) is 55.4 Å². The molecule has 3 aromatic heterocycles. The number of ether oxygens (including phenoxy) is 2. The molecule has 5 heterocycles. The molecule has 2 N–H and O–H groups in total. The van der Waals surface area contributed by atoms with Crippen LogP contribution in [-0.4, -0.2) is 51.0 Å². The highest BCUT2D eigenvalue weighted by Crippen LogP contribution is 2.37. The van der Waals surface area contributed by atoms with Crippen LogP contribution in [-0.2, 0) is 17.8 Å². The molecular formula is C30H29N7O3. The number of H-pyrrole nitrogens is 1. The fourth-order valence-corrected chi connectivity index (χ4v) is 5.67. The average molecular weight is 536 g/mol. The van der Waals surface area contributed by atoms with Crippen LogP contribution in [0.2, 0.25) is 0 Å². The van der Waals surface area contributed by atoms with E-state index < -0.39 is 0 Å². The maximum atomic E-state index is 13.8. The molecule has 2 aliphatic rings. The van der Waals surface area contributed by atoms with Crippen molar-refractivity contribution >= 4 is 23.1 Å². The first-order valence-corrected chi connectivity index (χ1v) is 13.5. The van der Waals surface area contributed by atoms with Crippen molar-refractivity contribution in [1.29, 1.82) is 0 Å². The number of rotatable bonds is 6. The normalized spacial score (nSPS) is 15.4. The first-order valence-electron chi connectivity index (χ1n) is 13.5. The Morgan fingerprint density at radius 2 is 1.82 bits per heavy atom.